The van der Waals surface area contributed by atoms with Crippen LogP contribution in [0.4, 0.5) is 5.69 Å². The van der Waals surface area contributed by atoms with Gasteiger partial charge in [-0.2, -0.15) is 0 Å². The summed E-state index contributed by atoms with van der Waals surface area (Å²) in [6, 6.07) is 16.6. The van der Waals surface area contributed by atoms with Gasteiger partial charge in [0.2, 0.25) is 0 Å². The predicted molar refractivity (Wildman–Crippen MR) is 124 cm³/mol. The number of methoxy groups -OCH3 is 2. The third-order valence-corrected chi connectivity index (χ3v) is 5.17. The van der Waals surface area contributed by atoms with Crippen molar-refractivity contribution in [2.75, 3.05) is 14.2 Å². The number of benzene rings is 3. The van der Waals surface area contributed by atoms with Crippen LogP contribution in [0.3, 0.4) is 0 Å². The summed E-state index contributed by atoms with van der Waals surface area (Å²) < 4.78 is 17.1. The zero-order valence-corrected chi connectivity index (χ0v) is 19.0. The second kappa shape index (κ2) is 10.6. The molecule has 8 heteroatoms. The molecule has 0 saturated heterocycles. The van der Waals surface area contributed by atoms with Crippen LogP contribution in [0, 0.1) is 10.1 Å². The predicted octanol–water partition coefficient (Wildman–Crippen LogP) is 5.85. The lowest BCUT2D eigenvalue weighted by molar-refractivity contribution is -0.384. The molecule has 0 atom stereocenters. The lowest BCUT2D eigenvalue weighted by Gasteiger charge is -2.13. The molecular weight excluding hydrogens is 478 g/mol. The van der Waals surface area contributed by atoms with Crippen molar-refractivity contribution in [3.63, 3.8) is 0 Å². The average molecular weight is 498 g/mol. The highest BCUT2D eigenvalue weighted by molar-refractivity contribution is 9.10. The molecule has 0 heterocycles. The number of halogens is 1. The maximum atomic E-state index is 12.4. The van der Waals surface area contributed by atoms with Crippen LogP contribution in [0.5, 0.6) is 17.2 Å². The summed E-state index contributed by atoms with van der Waals surface area (Å²) >= 11 is 3.48. The Morgan fingerprint density at radius 3 is 2.31 bits per heavy atom. The summed E-state index contributed by atoms with van der Waals surface area (Å²) in [6.45, 7) is 0.206. The first-order chi connectivity index (χ1) is 15.4. The van der Waals surface area contributed by atoms with E-state index in [0.29, 0.717) is 27.3 Å². The molecule has 0 spiro atoms. The third kappa shape index (κ3) is 5.73. The molecule has 3 rings (SSSR count). The molecule has 0 N–H and O–H groups in total. The van der Waals surface area contributed by atoms with Gasteiger partial charge in [-0.25, -0.2) is 0 Å². The second-order valence-corrected chi connectivity index (χ2v) is 7.53. The SMILES string of the molecule is COc1ccc(C(=O)/C=C/c2cc(Br)c(OCc3ccc([N+](=O)[O-])cc3)c(OC)c2)cc1. The Morgan fingerprint density at radius 2 is 1.72 bits per heavy atom. The number of nitrogens with zero attached hydrogens (tertiary/aromatic N) is 1. The topological polar surface area (TPSA) is 87.9 Å². The highest BCUT2D eigenvalue weighted by Gasteiger charge is 2.12. The van der Waals surface area contributed by atoms with Gasteiger partial charge in [0.05, 0.1) is 23.6 Å². The number of nitro groups is 1. The zero-order chi connectivity index (χ0) is 23.1. The molecule has 0 bridgehead atoms. The molecule has 32 heavy (non-hydrogen) atoms. The number of hydrogen-bond donors (Lipinski definition) is 0. The van der Waals surface area contributed by atoms with E-state index in [9.17, 15) is 14.9 Å². The highest BCUT2D eigenvalue weighted by Crippen LogP contribution is 2.37. The largest absolute Gasteiger partial charge is 0.497 e. The Labute approximate surface area is 193 Å². The molecule has 0 radical (unpaired) electrons. The Morgan fingerprint density at radius 1 is 1.03 bits per heavy atom. The van der Waals surface area contributed by atoms with Gasteiger partial charge in [-0.1, -0.05) is 6.08 Å². The molecule has 3 aromatic carbocycles. The fourth-order valence-corrected chi connectivity index (χ4v) is 3.44. The fraction of sp³-hybridized carbons (Fsp3) is 0.125. The number of allylic oxidation sites excluding steroid dienone is 1. The van der Waals surface area contributed by atoms with E-state index in [-0.39, 0.29) is 18.1 Å². The molecule has 0 unspecified atom stereocenters. The van der Waals surface area contributed by atoms with E-state index in [1.807, 2.05) is 6.07 Å². The van der Waals surface area contributed by atoms with E-state index < -0.39 is 4.92 Å². The number of ether oxygens (including phenoxy) is 3. The summed E-state index contributed by atoms with van der Waals surface area (Å²) in [5.74, 6) is 1.52. The van der Waals surface area contributed by atoms with Crippen LogP contribution in [0.25, 0.3) is 6.08 Å². The van der Waals surface area contributed by atoms with Gasteiger partial charge in [0.25, 0.3) is 5.69 Å². The first kappa shape index (κ1) is 23.0. The van der Waals surface area contributed by atoms with Crippen LogP contribution in [0.15, 0.2) is 71.2 Å². The summed E-state index contributed by atoms with van der Waals surface area (Å²) in [4.78, 5) is 22.7. The molecular formula is C24H20BrNO6. The van der Waals surface area contributed by atoms with Crippen LogP contribution in [0.2, 0.25) is 0 Å². The van der Waals surface area contributed by atoms with Crippen molar-refractivity contribution in [1.82, 2.24) is 0 Å². The van der Waals surface area contributed by atoms with Crippen molar-refractivity contribution in [1.29, 1.82) is 0 Å². The lowest BCUT2D eigenvalue weighted by Crippen LogP contribution is -1.99. The minimum atomic E-state index is -0.449. The normalized spacial score (nSPS) is 10.7. The van der Waals surface area contributed by atoms with Gasteiger partial charge >= 0.3 is 0 Å². The van der Waals surface area contributed by atoms with Crippen LogP contribution in [-0.4, -0.2) is 24.9 Å². The second-order valence-electron chi connectivity index (χ2n) is 6.67. The van der Waals surface area contributed by atoms with Gasteiger partial charge in [-0.15, -0.1) is 0 Å². The van der Waals surface area contributed by atoms with Crippen molar-refractivity contribution in [2.45, 2.75) is 6.61 Å². The first-order valence-electron chi connectivity index (χ1n) is 9.51. The van der Waals surface area contributed by atoms with Crippen molar-refractivity contribution in [2.24, 2.45) is 0 Å². The molecule has 7 nitrogen and oxygen atoms in total. The van der Waals surface area contributed by atoms with Crippen molar-refractivity contribution >= 4 is 33.5 Å². The smallest absolute Gasteiger partial charge is 0.269 e. The molecule has 164 valence electrons. The maximum absolute atomic E-state index is 12.4. The molecule has 0 aliphatic rings. The van der Waals surface area contributed by atoms with E-state index in [4.69, 9.17) is 14.2 Å². The average Bonchev–Trinajstić information content (AvgIpc) is 2.81. The van der Waals surface area contributed by atoms with E-state index in [1.165, 1.54) is 25.3 Å². The molecule has 0 aliphatic carbocycles. The van der Waals surface area contributed by atoms with Gasteiger partial charge in [0, 0.05) is 17.7 Å². The minimum absolute atomic E-state index is 0.0211. The number of rotatable bonds is 9. The van der Waals surface area contributed by atoms with Crippen LogP contribution in [0.1, 0.15) is 21.5 Å². The van der Waals surface area contributed by atoms with Gasteiger partial charge in [0.15, 0.2) is 17.3 Å². The Kier molecular flexibility index (Phi) is 7.62. The first-order valence-corrected chi connectivity index (χ1v) is 10.3. The Bertz CT molecular complexity index is 1140. The van der Waals surface area contributed by atoms with Crippen molar-refractivity contribution < 1.29 is 23.9 Å². The van der Waals surface area contributed by atoms with Crippen LogP contribution in [-0.2, 0) is 6.61 Å². The summed E-state index contributed by atoms with van der Waals surface area (Å²) in [7, 11) is 3.10. The van der Waals surface area contributed by atoms with Gasteiger partial charge in [-0.05, 0) is 81.7 Å². The van der Waals surface area contributed by atoms with Crippen molar-refractivity contribution in [3.8, 4) is 17.2 Å². The number of carbonyl (C=O) groups excluding carboxylic acids is 1. The molecule has 0 aliphatic heterocycles. The van der Waals surface area contributed by atoms with Crippen molar-refractivity contribution in [3.05, 3.63) is 98.0 Å². The highest BCUT2D eigenvalue weighted by atomic mass is 79.9. The van der Waals surface area contributed by atoms with E-state index in [2.05, 4.69) is 15.9 Å². The van der Waals surface area contributed by atoms with E-state index in [0.717, 1.165) is 11.1 Å². The number of ketones is 1. The van der Waals surface area contributed by atoms with Gasteiger partial charge < -0.3 is 14.2 Å². The third-order valence-electron chi connectivity index (χ3n) is 4.58. The molecule has 0 saturated carbocycles. The maximum Gasteiger partial charge on any atom is 0.269 e. The lowest BCUT2D eigenvalue weighted by atomic mass is 10.1. The molecule has 0 aromatic heterocycles. The van der Waals surface area contributed by atoms with Gasteiger partial charge in [0.1, 0.15) is 12.4 Å². The fourth-order valence-electron chi connectivity index (χ4n) is 2.87. The minimum Gasteiger partial charge on any atom is -0.497 e. The van der Waals surface area contributed by atoms with E-state index in [1.54, 1.807) is 55.7 Å². The summed E-state index contributed by atoms with van der Waals surface area (Å²) in [5.41, 5.74) is 2.10. The van der Waals surface area contributed by atoms with Crippen LogP contribution >= 0.6 is 15.9 Å². The molecule has 0 fully saturated rings. The summed E-state index contributed by atoms with van der Waals surface area (Å²) in [5, 5.41) is 10.8. The Balaban J connectivity index is 1.72. The molecule has 3 aromatic rings. The van der Waals surface area contributed by atoms with Crippen LogP contribution < -0.4 is 14.2 Å². The van der Waals surface area contributed by atoms with E-state index >= 15 is 0 Å². The Hall–Kier alpha value is -3.65. The standard InChI is InChI=1S/C24H20BrNO6/c1-30-20-10-6-18(7-11-20)22(27)12-5-17-13-21(25)24(23(14-17)31-2)32-15-16-3-8-19(9-4-16)26(28)29/h3-14H,15H2,1-2H3/b12-5+. The number of nitro benzene ring substituents is 1. The number of hydrogen-bond acceptors (Lipinski definition) is 6. The summed E-state index contributed by atoms with van der Waals surface area (Å²) in [6.07, 6.45) is 3.18. The quantitative estimate of drug-likeness (QED) is 0.159. The zero-order valence-electron chi connectivity index (χ0n) is 17.4. The number of carbonyl (C=O) groups is 1. The number of non-ortho nitro benzene ring substituents is 1. The van der Waals surface area contributed by atoms with Gasteiger partial charge in [-0.3, -0.25) is 14.9 Å². The molecule has 0 amide bonds. The monoisotopic (exact) mass is 497 g/mol.